The molecule has 144 valence electrons. The number of halogens is 1. The maximum Gasteiger partial charge on any atom is 0.248 e. The minimum Gasteiger partial charge on any atom is -0.495 e. The van der Waals surface area contributed by atoms with Gasteiger partial charge in [-0.2, -0.15) is 0 Å². The second-order valence-corrected chi connectivity index (χ2v) is 7.87. The van der Waals surface area contributed by atoms with E-state index in [9.17, 15) is 13.2 Å². The second-order valence-electron chi connectivity index (χ2n) is 5.69. The van der Waals surface area contributed by atoms with Crippen LogP contribution in [0, 0.1) is 6.92 Å². The van der Waals surface area contributed by atoms with Crippen molar-refractivity contribution in [3.05, 3.63) is 58.6 Å². The summed E-state index contributed by atoms with van der Waals surface area (Å²) in [7, 11) is -2.00. The van der Waals surface area contributed by atoms with E-state index >= 15 is 0 Å². The van der Waals surface area contributed by atoms with Crippen molar-refractivity contribution < 1.29 is 17.9 Å². The molecule has 8 heteroatoms. The van der Waals surface area contributed by atoms with E-state index in [0.29, 0.717) is 28.6 Å². The third kappa shape index (κ3) is 5.56. The van der Waals surface area contributed by atoms with Crippen molar-refractivity contribution >= 4 is 39.3 Å². The SMILES string of the molecule is CCNS(=O)(=O)c1ccc(/C=C/C(=O)Nc2cc(C)c(Cl)cc2OC)cc1. The summed E-state index contributed by atoms with van der Waals surface area (Å²) in [5.41, 5.74) is 2.02. The van der Waals surface area contributed by atoms with E-state index in [1.165, 1.54) is 25.3 Å². The van der Waals surface area contributed by atoms with Gasteiger partial charge in [-0.15, -0.1) is 0 Å². The van der Waals surface area contributed by atoms with Crippen molar-refractivity contribution in [2.24, 2.45) is 0 Å². The molecule has 0 aromatic heterocycles. The topological polar surface area (TPSA) is 84.5 Å². The highest BCUT2D eigenvalue weighted by atomic mass is 35.5. The Morgan fingerprint density at radius 3 is 2.48 bits per heavy atom. The van der Waals surface area contributed by atoms with Crippen LogP contribution in [0.15, 0.2) is 47.4 Å². The molecule has 0 bridgehead atoms. The van der Waals surface area contributed by atoms with Crippen LogP contribution < -0.4 is 14.8 Å². The molecule has 6 nitrogen and oxygen atoms in total. The van der Waals surface area contributed by atoms with Gasteiger partial charge < -0.3 is 10.1 Å². The molecule has 1 amide bonds. The summed E-state index contributed by atoms with van der Waals surface area (Å²) in [5, 5.41) is 3.29. The molecule has 0 atom stereocenters. The number of ether oxygens (including phenoxy) is 1. The number of benzene rings is 2. The van der Waals surface area contributed by atoms with Crippen molar-refractivity contribution in [3.8, 4) is 5.75 Å². The van der Waals surface area contributed by atoms with Crippen molar-refractivity contribution in [2.75, 3.05) is 19.0 Å². The van der Waals surface area contributed by atoms with Gasteiger partial charge in [0.1, 0.15) is 5.75 Å². The molecule has 0 fully saturated rings. The van der Waals surface area contributed by atoms with Gasteiger partial charge in [-0.1, -0.05) is 30.7 Å². The number of anilines is 1. The third-order valence-corrected chi connectivity index (χ3v) is 5.66. The second kappa shape index (κ2) is 9.03. The molecule has 2 aromatic carbocycles. The number of aryl methyl sites for hydroxylation is 1. The average Bonchev–Trinajstić information content (AvgIpc) is 2.63. The number of hydrogen-bond acceptors (Lipinski definition) is 4. The fourth-order valence-electron chi connectivity index (χ4n) is 2.31. The molecular formula is C19H21ClN2O4S. The van der Waals surface area contributed by atoms with Crippen LogP contribution in [0.2, 0.25) is 5.02 Å². The lowest BCUT2D eigenvalue weighted by molar-refractivity contribution is -0.111. The number of carbonyl (C=O) groups excluding carboxylic acids is 1. The van der Waals surface area contributed by atoms with Gasteiger partial charge >= 0.3 is 0 Å². The zero-order valence-electron chi connectivity index (χ0n) is 15.2. The summed E-state index contributed by atoms with van der Waals surface area (Å²) in [4.78, 5) is 12.3. The molecule has 2 aromatic rings. The minimum atomic E-state index is -3.49. The third-order valence-electron chi connectivity index (χ3n) is 3.69. The predicted octanol–water partition coefficient (Wildman–Crippen LogP) is 3.61. The zero-order chi connectivity index (χ0) is 20.0. The van der Waals surface area contributed by atoms with Gasteiger partial charge in [-0.05, 0) is 42.3 Å². The molecule has 0 aliphatic heterocycles. The summed E-state index contributed by atoms with van der Waals surface area (Å²) >= 11 is 6.05. The van der Waals surface area contributed by atoms with Crippen LogP contribution in [0.1, 0.15) is 18.1 Å². The Labute approximate surface area is 164 Å². The maximum absolute atomic E-state index is 12.2. The van der Waals surface area contributed by atoms with Gasteiger partial charge in [0.15, 0.2) is 0 Å². The Morgan fingerprint density at radius 2 is 1.89 bits per heavy atom. The molecule has 0 aliphatic rings. The highest BCUT2D eigenvalue weighted by Gasteiger charge is 2.12. The first-order chi connectivity index (χ1) is 12.8. The lowest BCUT2D eigenvalue weighted by Crippen LogP contribution is -2.22. The highest BCUT2D eigenvalue weighted by Crippen LogP contribution is 2.30. The van der Waals surface area contributed by atoms with E-state index in [1.807, 2.05) is 6.92 Å². The van der Waals surface area contributed by atoms with E-state index in [1.54, 1.807) is 37.3 Å². The van der Waals surface area contributed by atoms with Gasteiger partial charge in [-0.25, -0.2) is 13.1 Å². The molecule has 27 heavy (non-hydrogen) atoms. The number of amides is 1. The van der Waals surface area contributed by atoms with Crippen molar-refractivity contribution in [1.29, 1.82) is 0 Å². The standard InChI is InChI=1S/C19H21ClN2O4S/c1-4-21-27(24,25)15-8-5-14(6-9-15)7-10-19(23)22-17-11-13(2)16(20)12-18(17)26-3/h5-12,21H,4H2,1-3H3,(H,22,23)/b10-7+. The largest absolute Gasteiger partial charge is 0.495 e. The van der Waals surface area contributed by atoms with E-state index in [4.69, 9.17) is 16.3 Å². The molecule has 0 saturated heterocycles. The molecule has 0 aliphatic carbocycles. The van der Waals surface area contributed by atoms with Crippen molar-refractivity contribution in [3.63, 3.8) is 0 Å². The zero-order valence-corrected chi connectivity index (χ0v) is 16.8. The number of sulfonamides is 1. The minimum absolute atomic E-state index is 0.173. The van der Waals surface area contributed by atoms with E-state index in [-0.39, 0.29) is 10.8 Å². The predicted molar refractivity (Wildman–Crippen MR) is 108 cm³/mol. The Bertz CT molecular complexity index is 954. The van der Waals surface area contributed by atoms with Gasteiger partial charge in [0.05, 0.1) is 17.7 Å². The van der Waals surface area contributed by atoms with E-state index in [0.717, 1.165) is 5.56 Å². The molecule has 0 spiro atoms. The Morgan fingerprint density at radius 1 is 1.22 bits per heavy atom. The van der Waals surface area contributed by atoms with Crippen LogP contribution in [0.5, 0.6) is 5.75 Å². The van der Waals surface area contributed by atoms with Gasteiger partial charge in [0.25, 0.3) is 0 Å². The molecule has 0 heterocycles. The van der Waals surface area contributed by atoms with Gasteiger partial charge in [0, 0.05) is 23.7 Å². The van der Waals surface area contributed by atoms with Crippen LogP contribution in [0.25, 0.3) is 6.08 Å². The van der Waals surface area contributed by atoms with Crippen LogP contribution in [-0.2, 0) is 14.8 Å². The summed E-state index contributed by atoms with van der Waals surface area (Å²) in [6, 6.07) is 9.59. The Hall–Kier alpha value is -2.35. The van der Waals surface area contributed by atoms with Crippen LogP contribution in [0.4, 0.5) is 5.69 Å². The first-order valence-electron chi connectivity index (χ1n) is 8.19. The lowest BCUT2D eigenvalue weighted by Gasteiger charge is -2.11. The normalized spacial score (nSPS) is 11.6. The highest BCUT2D eigenvalue weighted by molar-refractivity contribution is 7.89. The molecule has 0 radical (unpaired) electrons. The fraction of sp³-hybridized carbons (Fsp3) is 0.211. The molecule has 0 saturated carbocycles. The van der Waals surface area contributed by atoms with Crippen molar-refractivity contribution in [1.82, 2.24) is 4.72 Å². The van der Waals surface area contributed by atoms with Crippen LogP contribution in [0.3, 0.4) is 0 Å². The number of carbonyl (C=O) groups is 1. The fourth-order valence-corrected chi connectivity index (χ4v) is 3.50. The van der Waals surface area contributed by atoms with E-state index in [2.05, 4.69) is 10.0 Å². The molecule has 0 unspecified atom stereocenters. The van der Waals surface area contributed by atoms with Crippen molar-refractivity contribution in [2.45, 2.75) is 18.7 Å². The summed E-state index contributed by atoms with van der Waals surface area (Å²) < 4.78 is 31.5. The summed E-state index contributed by atoms with van der Waals surface area (Å²) in [6.45, 7) is 3.86. The first-order valence-corrected chi connectivity index (χ1v) is 10.1. The van der Waals surface area contributed by atoms with Crippen LogP contribution >= 0.6 is 11.6 Å². The molecule has 2 N–H and O–H groups in total. The van der Waals surface area contributed by atoms with Gasteiger partial charge in [0.2, 0.25) is 15.9 Å². The lowest BCUT2D eigenvalue weighted by atomic mass is 10.2. The smallest absolute Gasteiger partial charge is 0.248 e. The number of hydrogen-bond donors (Lipinski definition) is 2. The molecule has 2 rings (SSSR count). The average molecular weight is 409 g/mol. The van der Waals surface area contributed by atoms with Gasteiger partial charge in [-0.3, -0.25) is 4.79 Å². The maximum atomic E-state index is 12.2. The Kier molecular flexibility index (Phi) is 7.01. The van der Waals surface area contributed by atoms with Crippen LogP contribution in [-0.4, -0.2) is 28.0 Å². The number of nitrogens with one attached hydrogen (secondary N) is 2. The Balaban J connectivity index is 2.10. The first kappa shape index (κ1) is 21.0. The molecular weight excluding hydrogens is 388 g/mol. The quantitative estimate of drug-likeness (QED) is 0.685. The number of rotatable bonds is 7. The number of methoxy groups -OCH3 is 1. The monoisotopic (exact) mass is 408 g/mol. The van der Waals surface area contributed by atoms with E-state index < -0.39 is 10.0 Å². The summed E-state index contributed by atoms with van der Waals surface area (Å²) in [6.07, 6.45) is 2.95. The summed E-state index contributed by atoms with van der Waals surface area (Å²) in [5.74, 6) is 0.115.